The van der Waals surface area contributed by atoms with Crippen LogP contribution in [0.1, 0.15) is 30.9 Å². The third-order valence-corrected chi connectivity index (χ3v) is 7.43. The van der Waals surface area contributed by atoms with Crippen LogP contribution in [0.3, 0.4) is 0 Å². The van der Waals surface area contributed by atoms with Crippen LogP contribution in [0.4, 0.5) is 23.7 Å². The van der Waals surface area contributed by atoms with Gasteiger partial charge >= 0.3 is 12.4 Å². The first-order chi connectivity index (χ1) is 20.5. The molecule has 3 amide bonds. The van der Waals surface area contributed by atoms with Crippen LogP contribution in [-0.4, -0.2) is 44.0 Å². The zero-order valence-electron chi connectivity index (χ0n) is 22.8. The fourth-order valence-electron chi connectivity index (χ4n) is 4.33. The van der Waals surface area contributed by atoms with Gasteiger partial charge in [0.25, 0.3) is 0 Å². The number of benzene rings is 3. The van der Waals surface area contributed by atoms with E-state index in [0.717, 1.165) is 11.1 Å². The van der Waals surface area contributed by atoms with E-state index in [-0.39, 0.29) is 35.0 Å². The zero-order valence-corrected chi connectivity index (χ0v) is 24.4. The second kappa shape index (κ2) is 12.5. The molecule has 1 aliphatic heterocycles. The molecule has 1 N–H and O–H groups in total. The number of hydrogen-bond donors (Lipinski definition) is 1. The fraction of sp³-hybridized carbons (Fsp3) is 0.207. The number of nitrogens with one attached hydrogen (secondary N) is 1. The largest absolute Gasteiger partial charge is 0.573 e. The van der Waals surface area contributed by atoms with Gasteiger partial charge in [-0.2, -0.15) is 4.99 Å². The lowest BCUT2D eigenvalue weighted by molar-refractivity contribution is -0.274. The van der Waals surface area contributed by atoms with E-state index in [4.69, 9.17) is 11.6 Å². The van der Waals surface area contributed by atoms with Crippen molar-refractivity contribution < 1.29 is 27.5 Å². The van der Waals surface area contributed by atoms with Gasteiger partial charge in [0, 0.05) is 17.1 Å². The van der Waals surface area contributed by atoms with Crippen molar-refractivity contribution in [3.05, 3.63) is 89.2 Å². The standard InChI is InChI=1S/C29H24ClF3N6O3S/c1-17(2)23-11-6-20(30)13-24(23)39-25(40)15-43-28(39)36-27(41)34-14-18-4-3-5-19(12-18)26-35-16-38(37-26)21-7-9-22(10-8-21)42-29(31,32)33/h3-13,16-17H,14-15H2,1-2H3,(H,34,41). The molecule has 1 saturated heterocycles. The van der Waals surface area contributed by atoms with E-state index in [1.54, 1.807) is 30.3 Å². The summed E-state index contributed by atoms with van der Waals surface area (Å²) in [6, 6.07) is 17.2. The van der Waals surface area contributed by atoms with Crippen LogP contribution >= 0.6 is 23.4 Å². The maximum absolute atomic E-state index is 12.8. The fourth-order valence-corrected chi connectivity index (χ4v) is 5.35. The molecule has 14 heteroatoms. The Bertz CT molecular complexity index is 1690. The molecular weight excluding hydrogens is 605 g/mol. The summed E-state index contributed by atoms with van der Waals surface area (Å²) < 4.78 is 42.6. The van der Waals surface area contributed by atoms with Crippen molar-refractivity contribution in [1.82, 2.24) is 20.1 Å². The molecule has 5 rings (SSSR count). The Labute approximate surface area is 253 Å². The van der Waals surface area contributed by atoms with E-state index < -0.39 is 12.4 Å². The minimum atomic E-state index is -4.78. The smallest absolute Gasteiger partial charge is 0.406 e. The number of halogens is 4. The quantitative estimate of drug-likeness (QED) is 0.238. The van der Waals surface area contributed by atoms with Crippen LogP contribution in [0.15, 0.2) is 78.0 Å². The molecule has 0 atom stereocenters. The molecule has 1 aromatic heterocycles. The Morgan fingerprint density at radius 3 is 2.63 bits per heavy atom. The van der Waals surface area contributed by atoms with E-state index in [1.807, 2.05) is 26.0 Å². The van der Waals surface area contributed by atoms with E-state index in [2.05, 4.69) is 25.1 Å². The van der Waals surface area contributed by atoms with E-state index in [1.165, 1.54) is 51.9 Å². The average molecular weight is 629 g/mol. The Hall–Kier alpha value is -4.36. The molecule has 4 aromatic rings. The van der Waals surface area contributed by atoms with Gasteiger partial charge in [-0.3, -0.25) is 9.69 Å². The van der Waals surface area contributed by atoms with Crippen molar-refractivity contribution in [3.63, 3.8) is 0 Å². The topological polar surface area (TPSA) is 102 Å². The van der Waals surface area contributed by atoms with Crippen molar-refractivity contribution in [2.45, 2.75) is 32.7 Å². The van der Waals surface area contributed by atoms with Gasteiger partial charge in [0.2, 0.25) is 5.91 Å². The van der Waals surface area contributed by atoms with Gasteiger partial charge in [-0.25, -0.2) is 14.5 Å². The van der Waals surface area contributed by atoms with Crippen LogP contribution < -0.4 is 15.0 Å². The molecule has 43 heavy (non-hydrogen) atoms. The summed E-state index contributed by atoms with van der Waals surface area (Å²) in [5, 5.41) is 7.91. The van der Waals surface area contributed by atoms with Gasteiger partial charge in [0.05, 0.1) is 17.1 Å². The molecule has 2 heterocycles. The molecule has 0 radical (unpaired) electrons. The first-order valence-corrected chi connectivity index (χ1v) is 14.3. The molecule has 0 saturated carbocycles. The van der Waals surface area contributed by atoms with E-state index in [9.17, 15) is 22.8 Å². The molecule has 0 spiro atoms. The minimum Gasteiger partial charge on any atom is -0.406 e. The van der Waals surface area contributed by atoms with Crippen molar-refractivity contribution >= 4 is 46.2 Å². The maximum Gasteiger partial charge on any atom is 0.573 e. The number of aromatic nitrogens is 3. The number of aliphatic imine (C=N–C) groups is 1. The highest BCUT2D eigenvalue weighted by atomic mass is 35.5. The number of carbonyl (C=O) groups is 2. The predicted molar refractivity (Wildman–Crippen MR) is 159 cm³/mol. The molecular formula is C29H24ClF3N6O3S. The molecule has 0 unspecified atom stereocenters. The lowest BCUT2D eigenvalue weighted by Crippen LogP contribution is -2.32. The number of nitrogens with zero attached hydrogens (tertiary/aromatic N) is 5. The van der Waals surface area contributed by atoms with Crippen molar-refractivity contribution in [3.8, 4) is 22.8 Å². The number of amides is 3. The maximum atomic E-state index is 12.8. The van der Waals surface area contributed by atoms with Crippen LogP contribution in [0.2, 0.25) is 5.02 Å². The highest BCUT2D eigenvalue weighted by molar-refractivity contribution is 8.15. The van der Waals surface area contributed by atoms with Gasteiger partial charge in [-0.05, 0) is 59.5 Å². The number of rotatable bonds is 7. The molecule has 1 fully saturated rings. The highest BCUT2D eigenvalue weighted by Crippen LogP contribution is 2.35. The summed E-state index contributed by atoms with van der Waals surface area (Å²) in [5.74, 6) is 0.122. The van der Waals surface area contributed by atoms with Gasteiger partial charge < -0.3 is 10.1 Å². The van der Waals surface area contributed by atoms with Gasteiger partial charge in [-0.15, -0.1) is 18.3 Å². The number of alkyl halides is 3. The summed E-state index contributed by atoms with van der Waals surface area (Å²) in [6.07, 6.45) is -3.33. The SMILES string of the molecule is CC(C)c1ccc(Cl)cc1N1C(=O)CSC1=NC(=O)NCc1cccc(-c2ncn(-c3ccc(OC(F)(F)F)cc3)n2)c1. The molecule has 9 nitrogen and oxygen atoms in total. The average Bonchev–Trinajstić information content (AvgIpc) is 3.58. The molecule has 3 aromatic carbocycles. The number of anilines is 1. The molecule has 222 valence electrons. The Morgan fingerprint density at radius 2 is 1.91 bits per heavy atom. The summed E-state index contributed by atoms with van der Waals surface area (Å²) in [7, 11) is 0. The first kappa shape index (κ1) is 30.1. The third-order valence-electron chi connectivity index (χ3n) is 6.27. The summed E-state index contributed by atoms with van der Waals surface area (Å²) >= 11 is 7.40. The van der Waals surface area contributed by atoms with Gasteiger partial charge in [0.15, 0.2) is 11.0 Å². The Morgan fingerprint density at radius 1 is 1.14 bits per heavy atom. The first-order valence-electron chi connectivity index (χ1n) is 13.0. The van der Waals surface area contributed by atoms with Crippen molar-refractivity contribution in [2.75, 3.05) is 10.7 Å². The lowest BCUT2D eigenvalue weighted by atomic mass is 10.0. The summed E-state index contributed by atoms with van der Waals surface area (Å²) in [6.45, 7) is 4.16. The summed E-state index contributed by atoms with van der Waals surface area (Å²) in [5.41, 5.74) is 3.42. The van der Waals surface area contributed by atoms with E-state index >= 15 is 0 Å². The van der Waals surface area contributed by atoms with Crippen LogP contribution in [0, 0.1) is 0 Å². The highest BCUT2D eigenvalue weighted by Gasteiger charge is 2.33. The van der Waals surface area contributed by atoms with Crippen LogP contribution in [0.25, 0.3) is 17.1 Å². The number of urea groups is 1. The Kier molecular flexibility index (Phi) is 8.74. The third kappa shape index (κ3) is 7.35. The number of ether oxygens (including phenoxy) is 1. The molecule has 0 aliphatic carbocycles. The summed E-state index contributed by atoms with van der Waals surface area (Å²) in [4.78, 5) is 35.4. The number of hydrogen-bond acceptors (Lipinski definition) is 6. The number of amidine groups is 1. The van der Waals surface area contributed by atoms with Crippen molar-refractivity contribution in [2.24, 2.45) is 4.99 Å². The molecule has 1 aliphatic rings. The van der Waals surface area contributed by atoms with Crippen LogP contribution in [-0.2, 0) is 11.3 Å². The Balaban J connectivity index is 1.26. The molecule has 0 bridgehead atoms. The lowest BCUT2D eigenvalue weighted by Gasteiger charge is -2.21. The number of thioether (sulfide) groups is 1. The monoisotopic (exact) mass is 628 g/mol. The van der Waals surface area contributed by atoms with E-state index in [0.29, 0.717) is 27.8 Å². The van der Waals surface area contributed by atoms with Crippen molar-refractivity contribution in [1.29, 1.82) is 0 Å². The normalized spacial score (nSPS) is 14.5. The van der Waals surface area contributed by atoms with Gasteiger partial charge in [0.1, 0.15) is 12.1 Å². The second-order valence-corrected chi connectivity index (χ2v) is 11.1. The van der Waals surface area contributed by atoms with Gasteiger partial charge in [-0.1, -0.05) is 61.5 Å². The zero-order chi connectivity index (χ0) is 30.7. The predicted octanol–water partition coefficient (Wildman–Crippen LogP) is 6.96. The van der Waals surface area contributed by atoms with Crippen LogP contribution in [0.5, 0.6) is 5.75 Å². The second-order valence-electron chi connectivity index (χ2n) is 9.68. The number of carbonyl (C=O) groups excluding carboxylic acids is 2. The minimum absolute atomic E-state index is 0.118.